The lowest BCUT2D eigenvalue weighted by Gasteiger charge is -2.35. The Bertz CT molecular complexity index is 525. The monoisotopic (exact) mass is 260 g/mol. The second kappa shape index (κ2) is 3.68. The molecule has 1 saturated heterocycles. The molecule has 0 spiro atoms. The summed E-state index contributed by atoms with van der Waals surface area (Å²) >= 11 is 0. The van der Waals surface area contributed by atoms with Gasteiger partial charge in [0.05, 0.1) is 19.1 Å². The molecule has 0 aromatic carbocycles. The molecule has 5 atom stereocenters. The van der Waals surface area contributed by atoms with Gasteiger partial charge in [-0.3, -0.25) is 14.7 Å². The molecule has 100 valence electrons. The molecule has 2 bridgehead atoms. The Balaban J connectivity index is 1.72. The van der Waals surface area contributed by atoms with Crippen LogP contribution in [0.4, 0.5) is 0 Å². The summed E-state index contributed by atoms with van der Waals surface area (Å²) in [6.45, 7) is 0. The number of rotatable bonds is 1. The van der Waals surface area contributed by atoms with E-state index in [4.69, 9.17) is 9.73 Å². The maximum Gasteiger partial charge on any atom is 0.329 e. The van der Waals surface area contributed by atoms with Gasteiger partial charge >= 0.3 is 5.97 Å². The van der Waals surface area contributed by atoms with Gasteiger partial charge in [0.25, 0.3) is 0 Å². The number of nitrogens with zero attached hydrogens (tertiary/aromatic N) is 2. The van der Waals surface area contributed by atoms with E-state index in [2.05, 4.69) is 12.2 Å². The van der Waals surface area contributed by atoms with Crippen LogP contribution in [0, 0.1) is 17.8 Å². The molecule has 5 heteroatoms. The SMILES string of the molecule is COC(=O)[C@@H]1CCC2=NC3C4C=CC(C4)C3C(=O)N21. The largest absolute Gasteiger partial charge is 0.467 e. The molecule has 2 fully saturated rings. The fraction of sp³-hybridized carbons (Fsp3) is 0.643. The van der Waals surface area contributed by atoms with Gasteiger partial charge in [-0.1, -0.05) is 12.2 Å². The summed E-state index contributed by atoms with van der Waals surface area (Å²) in [5, 5.41) is 0. The third-order valence-corrected chi connectivity index (χ3v) is 4.94. The third-order valence-electron chi connectivity index (χ3n) is 4.94. The highest BCUT2D eigenvalue weighted by atomic mass is 16.5. The van der Waals surface area contributed by atoms with Crippen molar-refractivity contribution >= 4 is 17.7 Å². The van der Waals surface area contributed by atoms with E-state index in [9.17, 15) is 9.59 Å². The quantitative estimate of drug-likeness (QED) is 0.516. The number of carbonyl (C=O) groups excluding carboxylic acids is 2. The van der Waals surface area contributed by atoms with Crippen LogP contribution in [-0.2, 0) is 14.3 Å². The first-order chi connectivity index (χ1) is 9.20. The van der Waals surface area contributed by atoms with Gasteiger partial charge < -0.3 is 4.74 Å². The van der Waals surface area contributed by atoms with Crippen LogP contribution in [0.2, 0.25) is 0 Å². The predicted octanol–water partition coefficient (Wildman–Crippen LogP) is 0.753. The molecule has 0 aromatic rings. The number of amidine groups is 1. The van der Waals surface area contributed by atoms with Gasteiger partial charge in [0.1, 0.15) is 11.9 Å². The highest BCUT2D eigenvalue weighted by molar-refractivity contribution is 6.07. The van der Waals surface area contributed by atoms with Crippen molar-refractivity contribution in [3.63, 3.8) is 0 Å². The van der Waals surface area contributed by atoms with Crippen LogP contribution in [0.15, 0.2) is 17.1 Å². The van der Waals surface area contributed by atoms with E-state index in [0.29, 0.717) is 24.7 Å². The fourth-order valence-corrected chi connectivity index (χ4v) is 4.10. The molecule has 2 aliphatic heterocycles. The van der Waals surface area contributed by atoms with Crippen molar-refractivity contribution < 1.29 is 14.3 Å². The zero-order valence-corrected chi connectivity index (χ0v) is 10.8. The van der Waals surface area contributed by atoms with Crippen LogP contribution in [-0.4, -0.2) is 41.8 Å². The highest BCUT2D eigenvalue weighted by Gasteiger charge is 2.55. The van der Waals surface area contributed by atoms with E-state index in [-0.39, 0.29) is 23.8 Å². The van der Waals surface area contributed by atoms with Gasteiger partial charge in [0.2, 0.25) is 5.91 Å². The van der Waals surface area contributed by atoms with Crippen molar-refractivity contribution in [2.75, 3.05) is 7.11 Å². The lowest BCUT2D eigenvalue weighted by molar-refractivity contribution is -0.150. The van der Waals surface area contributed by atoms with Crippen molar-refractivity contribution in [2.24, 2.45) is 22.7 Å². The van der Waals surface area contributed by atoms with Crippen LogP contribution in [0.25, 0.3) is 0 Å². The van der Waals surface area contributed by atoms with Crippen LogP contribution in [0.5, 0.6) is 0 Å². The molecule has 5 nitrogen and oxygen atoms in total. The van der Waals surface area contributed by atoms with Crippen molar-refractivity contribution in [1.82, 2.24) is 4.90 Å². The number of hydrogen-bond donors (Lipinski definition) is 0. The lowest BCUT2D eigenvalue weighted by Crippen LogP contribution is -2.52. The van der Waals surface area contributed by atoms with Gasteiger partial charge in [-0.25, -0.2) is 4.79 Å². The number of aliphatic imine (C=N–C) groups is 1. The number of methoxy groups -OCH3 is 1. The number of hydrogen-bond acceptors (Lipinski definition) is 4. The van der Waals surface area contributed by atoms with E-state index < -0.39 is 6.04 Å². The molecular formula is C14H16N2O3. The van der Waals surface area contributed by atoms with Gasteiger partial charge in [-0.05, 0) is 18.8 Å². The second-order valence-electron chi connectivity index (χ2n) is 5.80. The van der Waals surface area contributed by atoms with Crippen molar-refractivity contribution in [3.8, 4) is 0 Å². The van der Waals surface area contributed by atoms with Crippen LogP contribution < -0.4 is 0 Å². The first kappa shape index (κ1) is 11.2. The third kappa shape index (κ3) is 1.33. The number of allylic oxidation sites excluding steroid dienone is 1. The summed E-state index contributed by atoms with van der Waals surface area (Å²) in [5.74, 6) is 1.24. The number of fused-ring (bicyclic) bond motifs is 6. The molecule has 19 heavy (non-hydrogen) atoms. The van der Waals surface area contributed by atoms with Gasteiger partial charge in [0, 0.05) is 12.3 Å². The zero-order valence-electron chi connectivity index (χ0n) is 10.8. The summed E-state index contributed by atoms with van der Waals surface area (Å²) in [6.07, 6.45) is 6.73. The fourth-order valence-electron chi connectivity index (χ4n) is 4.10. The van der Waals surface area contributed by atoms with Crippen molar-refractivity contribution in [2.45, 2.75) is 31.3 Å². The number of amides is 1. The molecule has 1 amide bonds. The van der Waals surface area contributed by atoms with Crippen molar-refractivity contribution in [3.05, 3.63) is 12.2 Å². The minimum atomic E-state index is -0.458. The Labute approximate surface area is 111 Å². The molecule has 4 rings (SSSR count). The molecular weight excluding hydrogens is 244 g/mol. The Morgan fingerprint density at radius 2 is 2.21 bits per heavy atom. The minimum Gasteiger partial charge on any atom is -0.467 e. The zero-order chi connectivity index (χ0) is 13.1. The average molecular weight is 260 g/mol. The Morgan fingerprint density at radius 1 is 1.42 bits per heavy atom. The first-order valence-corrected chi connectivity index (χ1v) is 6.86. The van der Waals surface area contributed by atoms with Gasteiger partial charge in [0.15, 0.2) is 0 Å². The Kier molecular flexibility index (Phi) is 2.17. The molecule has 4 aliphatic rings. The second-order valence-corrected chi connectivity index (χ2v) is 5.80. The van der Waals surface area contributed by atoms with Crippen LogP contribution >= 0.6 is 0 Å². The molecule has 2 aliphatic carbocycles. The summed E-state index contributed by atoms with van der Waals surface area (Å²) in [4.78, 5) is 30.9. The molecule has 0 radical (unpaired) electrons. The Morgan fingerprint density at radius 3 is 3.00 bits per heavy atom. The van der Waals surface area contributed by atoms with Gasteiger partial charge in [-0.15, -0.1) is 0 Å². The maximum absolute atomic E-state index is 12.7. The summed E-state index contributed by atoms with van der Waals surface area (Å²) in [6, 6.07) is -0.342. The maximum atomic E-state index is 12.7. The topological polar surface area (TPSA) is 59.0 Å². The number of carbonyl (C=O) groups is 2. The van der Waals surface area contributed by atoms with E-state index in [1.54, 1.807) is 4.90 Å². The first-order valence-electron chi connectivity index (χ1n) is 6.86. The van der Waals surface area contributed by atoms with E-state index in [0.717, 1.165) is 12.3 Å². The lowest BCUT2D eigenvalue weighted by atomic mass is 9.86. The van der Waals surface area contributed by atoms with Crippen molar-refractivity contribution in [1.29, 1.82) is 0 Å². The average Bonchev–Trinajstić information content (AvgIpc) is 3.11. The summed E-state index contributed by atoms with van der Waals surface area (Å²) in [5.41, 5.74) is 0. The molecule has 0 aromatic heterocycles. The van der Waals surface area contributed by atoms with E-state index in [1.807, 2.05) is 0 Å². The molecule has 2 heterocycles. The predicted molar refractivity (Wildman–Crippen MR) is 67.3 cm³/mol. The van der Waals surface area contributed by atoms with Crippen LogP contribution in [0.1, 0.15) is 19.3 Å². The molecule has 0 N–H and O–H groups in total. The summed E-state index contributed by atoms with van der Waals surface area (Å²) in [7, 11) is 1.37. The number of ether oxygens (including phenoxy) is 1. The summed E-state index contributed by atoms with van der Waals surface area (Å²) < 4.78 is 4.80. The highest BCUT2D eigenvalue weighted by Crippen LogP contribution is 2.49. The number of esters is 1. The Hall–Kier alpha value is -1.65. The van der Waals surface area contributed by atoms with Crippen LogP contribution in [0.3, 0.4) is 0 Å². The normalized spacial score (nSPS) is 42.2. The van der Waals surface area contributed by atoms with E-state index >= 15 is 0 Å². The van der Waals surface area contributed by atoms with Gasteiger partial charge in [-0.2, -0.15) is 0 Å². The minimum absolute atomic E-state index is 0.0518. The van der Waals surface area contributed by atoms with E-state index in [1.165, 1.54) is 7.11 Å². The molecule has 1 saturated carbocycles. The standard InChI is InChI=1S/C14H16N2O3/c1-19-14(18)9-4-5-10-15-12-8-3-2-7(6-8)11(12)13(17)16(9)10/h2-3,7-9,11-12H,4-6H2,1H3/t7?,8?,9-,11?,12?/m0/s1. The smallest absolute Gasteiger partial charge is 0.329 e. The molecule has 4 unspecified atom stereocenters.